The van der Waals surface area contributed by atoms with E-state index < -0.39 is 0 Å². The molecule has 4 unspecified atom stereocenters. The molecule has 4 heteroatoms. The molecule has 1 saturated heterocycles. The van der Waals surface area contributed by atoms with Gasteiger partial charge in [0.2, 0.25) is 5.91 Å². The molecule has 4 nitrogen and oxygen atoms in total. The number of carbonyl (C=O) groups excluding carboxylic acids is 1. The van der Waals surface area contributed by atoms with Crippen LogP contribution in [0.25, 0.3) is 0 Å². The van der Waals surface area contributed by atoms with Gasteiger partial charge in [-0.15, -0.1) is 0 Å². The van der Waals surface area contributed by atoms with Gasteiger partial charge in [0, 0.05) is 37.7 Å². The number of hydrogen-bond donors (Lipinski definition) is 2. The Balaban J connectivity index is 1.95. The van der Waals surface area contributed by atoms with E-state index in [4.69, 9.17) is 0 Å². The average Bonchev–Trinajstić information content (AvgIpc) is 2.37. The van der Waals surface area contributed by atoms with Crippen LogP contribution in [-0.4, -0.2) is 47.7 Å². The van der Waals surface area contributed by atoms with Crippen molar-refractivity contribution in [2.75, 3.05) is 19.7 Å². The van der Waals surface area contributed by atoms with Crippen molar-refractivity contribution < 1.29 is 9.90 Å². The van der Waals surface area contributed by atoms with E-state index >= 15 is 0 Å². The molecule has 0 bridgehead atoms. The van der Waals surface area contributed by atoms with Gasteiger partial charge >= 0.3 is 0 Å². The highest BCUT2D eigenvalue weighted by molar-refractivity contribution is 5.78. The highest BCUT2D eigenvalue weighted by Gasteiger charge is 2.37. The smallest absolute Gasteiger partial charge is 0.222 e. The fourth-order valence-electron chi connectivity index (χ4n) is 3.57. The molecule has 4 atom stereocenters. The maximum Gasteiger partial charge on any atom is 0.222 e. The van der Waals surface area contributed by atoms with E-state index in [1.807, 2.05) is 13.8 Å². The number of carbonyl (C=O) groups is 1. The van der Waals surface area contributed by atoms with Crippen LogP contribution in [0.5, 0.6) is 0 Å². The van der Waals surface area contributed by atoms with Gasteiger partial charge in [-0.2, -0.15) is 0 Å². The van der Waals surface area contributed by atoms with Crippen LogP contribution in [0.2, 0.25) is 0 Å². The lowest BCUT2D eigenvalue weighted by Gasteiger charge is -2.48. The molecule has 0 aromatic rings. The van der Waals surface area contributed by atoms with Crippen molar-refractivity contribution in [1.82, 2.24) is 10.2 Å². The van der Waals surface area contributed by atoms with Crippen LogP contribution in [0.15, 0.2) is 0 Å². The summed E-state index contributed by atoms with van der Waals surface area (Å²) in [6.07, 6.45) is 4.48. The zero-order chi connectivity index (χ0) is 14.7. The van der Waals surface area contributed by atoms with E-state index in [-0.39, 0.29) is 24.5 Å². The molecule has 0 radical (unpaired) electrons. The minimum Gasteiger partial charge on any atom is -0.396 e. The van der Waals surface area contributed by atoms with Gasteiger partial charge < -0.3 is 10.4 Å². The third kappa shape index (κ3) is 3.73. The first-order valence-electron chi connectivity index (χ1n) is 8.16. The number of nitrogens with one attached hydrogen (secondary N) is 1. The molecule has 0 aromatic carbocycles. The third-order valence-corrected chi connectivity index (χ3v) is 5.02. The Bertz CT molecular complexity index is 332. The summed E-state index contributed by atoms with van der Waals surface area (Å²) in [6.45, 7) is 8.53. The lowest BCUT2D eigenvalue weighted by Crippen LogP contribution is -2.57. The lowest BCUT2D eigenvalue weighted by molar-refractivity contribution is -0.125. The quantitative estimate of drug-likeness (QED) is 0.806. The molecule has 2 aliphatic rings. The van der Waals surface area contributed by atoms with Gasteiger partial charge in [-0.1, -0.05) is 20.8 Å². The number of rotatable bonds is 5. The van der Waals surface area contributed by atoms with Crippen LogP contribution in [-0.2, 0) is 4.79 Å². The maximum atomic E-state index is 11.9. The molecule has 0 aromatic heterocycles. The number of hydrogen-bond acceptors (Lipinski definition) is 3. The summed E-state index contributed by atoms with van der Waals surface area (Å²) in [5.41, 5.74) is 0. The summed E-state index contributed by atoms with van der Waals surface area (Å²) < 4.78 is 0. The third-order valence-electron chi connectivity index (χ3n) is 5.02. The number of aliphatic hydroxyl groups is 1. The minimum absolute atomic E-state index is 0.0456. The number of likely N-dealkylation sites (tertiary alicyclic amines) is 1. The van der Waals surface area contributed by atoms with Crippen LogP contribution in [0.1, 0.15) is 46.5 Å². The van der Waals surface area contributed by atoms with Crippen molar-refractivity contribution in [2.45, 2.75) is 58.5 Å². The molecule has 1 aliphatic heterocycles. The first-order valence-corrected chi connectivity index (χ1v) is 8.16. The van der Waals surface area contributed by atoms with E-state index in [9.17, 15) is 9.90 Å². The number of amides is 1. The molecule has 1 saturated carbocycles. The van der Waals surface area contributed by atoms with E-state index in [0.29, 0.717) is 12.0 Å². The van der Waals surface area contributed by atoms with E-state index in [0.717, 1.165) is 31.8 Å². The van der Waals surface area contributed by atoms with Crippen molar-refractivity contribution in [3.8, 4) is 0 Å². The summed E-state index contributed by atoms with van der Waals surface area (Å²) in [5.74, 6) is 1.49. The summed E-state index contributed by atoms with van der Waals surface area (Å²) in [4.78, 5) is 14.5. The summed E-state index contributed by atoms with van der Waals surface area (Å²) in [5, 5.41) is 12.4. The molecule has 20 heavy (non-hydrogen) atoms. The molecule has 0 spiro atoms. The highest BCUT2D eigenvalue weighted by Crippen LogP contribution is 2.34. The largest absolute Gasteiger partial charge is 0.396 e. The zero-order valence-electron chi connectivity index (χ0n) is 13.1. The Hall–Kier alpha value is -0.610. The van der Waals surface area contributed by atoms with E-state index in [1.54, 1.807) is 0 Å². The first-order chi connectivity index (χ1) is 9.51. The van der Waals surface area contributed by atoms with Gasteiger partial charge in [-0.3, -0.25) is 9.69 Å². The summed E-state index contributed by atoms with van der Waals surface area (Å²) in [6, 6.07) is 0.943. The van der Waals surface area contributed by atoms with Crippen LogP contribution >= 0.6 is 0 Å². The predicted octanol–water partition coefficient (Wildman–Crippen LogP) is 1.63. The van der Waals surface area contributed by atoms with Gasteiger partial charge in [0.05, 0.1) is 0 Å². The van der Waals surface area contributed by atoms with Crippen LogP contribution in [0.3, 0.4) is 0 Å². The normalized spacial score (nSPS) is 34.9. The molecule has 1 aliphatic carbocycles. The highest BCUT2D eigenvalue weighted by atomic mass is 16.3. The molecule has 2 rings (SSSR count). The molecular formula is C16H30N2O2. The number of nitrogens with zero attached hydrogens (tertiary/aromatic N) is 1. The second-order valence-electron chi connectivity index (χ2n) is 7.05. The molecule has 2 N–H and O–H groups in total. The standard InChI is InChI=1S/C16H30N2O2/c1-11(2)16(20)17-14-8-13(6-7-19)9-18(10-14)15-5-4-12(15)3/h11-15,19H,4-10H2,1-3H3,(H,17,20). The second kappa shape index (κ2) is 6.90. The fraction of sp³-hybridized carbons (Fsp3) is 0.938. The Morgan fingerprint density at radius 3 is 2.60 bits per heavy atom. The Morgan fingerprint density at radius 2 is 2.10 bits per heavy atom. The number of aliphatic hydroxyl groups excluding tert-OH is 1. The van der Waals surface area contributed by atoms with Crippen molar-refractivity contribution in [1.29, 1.82) is 0 Å². The fourth-order valence-corrected chi connectivity index (χ4v) is 3.57. The van der Waals surface area contributed by atoms with Crippen LogP contribution in [0.4, 0.5) is 0 Å². The Labute approximate surface area is 122 Å². The number of piperidine rings is 1. The molecular weight excluding hydrogens is 252 g/mol. The summed E-state index contributed by atoms with van der Waals surface area (Å²) in [7, 11) is 0. The van der Waals surface area contributed by atoms with Gasteiger partial charge in [-0.05, 0) is 37.5 Å². The molecule has 116 valence electrons. The van der Waals surface area contributed by atoms with Gasteiger partial charge in [0.15, 0.2) is 0 Å². The topological polar surface area (TPSA) is 52.6 Å². The van der Waals surface area contributed by atoms with Gasteiger partial charge in [-0.25, -0.2) is 0 Å². The minimum atomic E-state index is 0.0456. The Kier molecular flexibility index (Phi) is 5.44. The van der Waals surface area contributed by atoms with Crippen LogP contribution in [0, 0.1) is 17.8 Å². The second-order valence-corrected chi connectivity index (χ2v) is 7.05. The Morgan fingerprint density at radius 1 is 1.35 bits per heavy atom. The van der Waals surface area contributed by atoms with Crippen LogP contribution < -0.4 is 5.32 Å². The van der Waals surface area contributed by atoms with Crippen molar-refractivity contribution in [2.24, 2.45) is 17.8 Å². The lowest BCUT2D eigenvalue weighted by atomic mass is 9.78. The average molecular weight is 282 g/mol. The van der Waals surface area contributed by atoms with E-state index in [2.05, 4.69) is 17.1 Å². The van der Waals surface area contributed by atoms with Crippen molar-refractivity contribution in [3.05, 3.63) is 0 Å². The van der Waals surface area contributed by atoms with Gasteiger partial charge in [0.25, 0.3) is 0 Å². The monoisotopic (exact) mass is 282 g/mol. The summed E-state index contributed by atoms with van der Waals surface area (Å²) >= 11 is 0. The van der Waals surface area contributed by atoms with Crippen molar-refractivity contribution in [3.63, 3.8) is 0 Å². The van der Waals surface area contributed by atoms with Gasteiger partial charge in [0.1, 0.15) is 0 Å². The zero-order valence-corrected chi connectivity index (χ0v) is 13.1. The SMILES string of the molecule is CC(C)C(=O)NC1CC(CCO)CN(C2CCC2C)C1. The maximum absolute atomic E-state index is 11.9. The first kappa shape index (κ1) is 15.8. The van der Waals surface area contributed by atoms with E-state index in [1.165, 1.54) is 12.8 Å². The molecule has 1 amide bonds. The molecule has 1 heterocycles. The molecule has 2 fully saturated rings. The predicted molar refractivity (Wildman–Crippen MR) is 80.3 cm³/mol. The van der Waals surface area contributed by atoms with Crippen molar-refractivity contribution >= 4 is 5.91 Å².